The topological polar surface area (TPSA) is 64.3 Å². The van der Waals surface area contributed by atoms with Crippen LogP contribution in [0.1, 0.15) is 46.0 Å². The third-order valence-electron chi connectivity index (χ3n) is 3.04. The van der Waals surface area contributed by atoms with Gasteiger partial charge in [0, 0.05) is 0 Å². The Morgan fingerprint density at radius 2 is 1.94 bits per heavy atom. The van der Waals surface area contributed by atoms with E-state index in [1.54, 1.807) is 0 Å². The second-order valence-electron chi connectivity index (χ2n) is 4.88. The van der Waals surface area contributed by atoms with Crippen molar-refractivity contribution in [1.29, 1.82) is 0 Å². The van der Waals surface area contributed by atoms with Crippen LogP contribution in [0, 0.1) is 5.92 Å². The van der Waals surface area contributed by atoms with E-state index >= 15 is 0 Å². The average Bonchev–Trinajstić information content (AvgIpc) is 2.25. The highest BCUT2D eigenvalue weighted by atomic mass is 32.1. The van der Waals surface area contributed by atoms with Crippen LogP contribution in [0.4, 0.5) is 4.79 Å². The standard InChI is InChI=1S/C12H22N2O2S/c1-8(2)16-12(15)14-10(11(13)17)9-6-4-3-5-7-9/h8-10H,3-7H2,1-2H3,(H2,13,17)(H,14,15). The highest BCUT2D eigenvalue weighted by Crippen LogP contribution is 2.26. The molecule has 3 N–H and O–H groups in total. The second-order valence-corrected chi connectivity index (χ2v) is 5.35. The molecule has 17 heavy (non-hydrogen) atoms. The predicted octanol–water partition coefficient (Wildman–Crippen LogP) is 2.36. The van der Waals surface area contributed by atoms with Gasteiger partial charge in [-0.05, 0) is 32.6 Å². The molecule has 0 aromatic rings. The summed E-state index contributed by atoms with van der Waals surface area (Å²) in [5, 5.41) is 2.79. The molecule has 0 aromatic heterocycles. The number of alkyl carbamates (subject to hydrolysis) is 1. The first-order valence-electron chi connectivity index (χ1n) is 6.27. The molecule has 0 radical (unpaired) electrons. The molecule has 0 aliphatic heterocycles. The highest BCUT2D eigenvalue weighted by Gasteiger charge is 2.27. The molecule has 1 amide bonds. The van der Waals surface area contributed by atoms with Gasteiger partial charge in [-0.3, -0.25) is 0 Å². The van der Waals surface area contributed by atoms with E-state index in [0.29, 0.717) is 10.9 Å². The Kier molecular flexibility index (Phi) is 5.68. The van der Waals surface area contributed by atoms with E-state index in [1.807, 2.05) is 13.8 Å². The Morgan fingerprint density at radius 3 is 2.41 bits per heavy atom. The van der Waals surface area contributed by atoms with Gasteiger partial charge >= 0.3 is 6.09 Å². The Morgan fingerprint density at radius 1 is 1.35 bits per heavy atom. The van der Waals surface area contributed by atoms with E-state index in [1.165, 1.54) is 19.3 Å². The molecule has 1 fully saturated rings. The monoisotopic (exact) mass is 258 g/mol. The van der Waals surface area contributed by atoms with Crippen LogP contribution in [0.5, 0.6) is 0 Å². The molecule has 0 bridgehead atoms. The molecule has 0 heterocycles. The fraction of sp³-hybridized carbons (Fsp3) is 0.833. The quantitative estimate of drug-likeness (QED) is 0.760. The van der Waals surface area contributed by atoms with Gasteiger partial charge in [-0.1, -0.05) is 31.5 Å². The van der Waals surface area contributed by atoms with Crippen molar-refractivity contribution in [2.24, 2.45) is 11.7 Å². The minimum atomic E-state index is -0.427. The number of carbonyl (C=O) groups excluding carboxylic acids is 1. The van der Waals surface area contributed by atoms with Gasteiger partial charge in [0.25, 0.3) is 0 Å². The Hall–Kier alpha value is -0.840. The van der Waals surface area contributed by atoms with Gasteiger partial charge in [0.05, 0.1) is 17.1 Å². The average molecular weight is 258 g/mol. The number of rotatable bonds is 4. The van der Waals surface area contributed by atoms with Crippen molar-refractivity contribution in [3.8, 4) is 0 Å². The molecule has 0 aromatic carbocycles. The van der Waals surface area contributed by atoms with E-state index in [9.17, 15) is 4.79 Å². The maximum atomic E-state index is 11.6. The third-order valence-corrected chi connectivity index (χ3v) is 3.30. The fourth-order valence-electron chi connectivity index (χ4n) is 2.26. The first-order valence-corrected chi connectivity index (χ1v) is 6.68. The molecule has 0 spiro atoms. The number of hydrogen-bond donors (Lipinski definition) is 2. The molecule has 4 nitrogen and oxygen atoms in total. The molecule has 1 aliphatic carbocycles. The van der Waals surface area contributed by atoms with Crippen LogP contribution < -0.4 is 11.1 Å². The van der Waals surface area contributed by atoms with Crippen molar-refractivity contribution in [3.05, 3.63) is 0 Å². The summed E-state index contributed by atoms with van der Waals surface area (Å²) in [4.78, 5) is 11.9. The van der Waals surface area contributed by atoms with Crippen LogP contribution in [0.3, 0.4) is 0 Å². The molecule has 1 saturated carbocycles. The van der Waals surface area contributed by atoms with Crippen molar-refractivity contribution in [2.45, 2.75) is 58.1 Å². The van der Waals surface area contributed by atoms with Crippen LogP contribution in [-0.4, -0.2) is 23.2 Å². The maximum absolute atomic E-state index is 11.6. The van der Waals surface area contributed by atoms with Crippen LogP contribution >= 0.6 is 12.2 Å². The van der Waals surface area contributed by atoms with Crippen molar-refractivity contribution in [2.75, 3.05) is 0 Å². The maximum Gasteiger partial charge on any atom is 0.407 e. The van der Waals surface area contributed by atoms with Crippen LogP contribution in [0.25, 0.3) is 0 Å². The van der Waals surface area contributed by atoms with Crippen molar-refractivity contribution in [3.63, 3.8) is 0 Å². The van der Waals surface area contributed by atoms with E-state index < -0.39 is 6.09 Å². The summed E-state index contributed by atoms with van der Waals surface area (Å²) in [6.45, 7) is 3.63. The molecular weight excluding hydrogens is 236 g/mol. The van der Waals surface area contributed by atoms with E-state index in [2.05, 4.69) is 5.32 Å². The molecule has 98 valence electrons. The Balaban J connectivity index is 2.53. The van der Waals surface area contributed by atoms with E-state index in [0.717, 1.165) is 12.8 Å². The van der Waals surface area contributed by atoms with E-state index in [-0.39, 0.29) is 12.1 Å². The number of nitrogens with two attached hydrogens (primary N) is 1. The summed E-state index contributed by atoms with van der Waals surface area (Å²) in [5.41, 5.74) is 5.71. The lowest BCUT2D eigenvalue weighted by atomic mass is 9.84. The van der Waals surface area contributed by atoms with Crippen molar-refractivity contribution >= 4 is 23.3 Å². The molecule has 1 atom stereocenters. The highest BCUT2D eigenvalue weighted by molar-refractivity contribution is 7.80. The third kappa shape index (κ3) is 4.89. The zero-order valence-electron chi connectivity index (χ0n) is 10.6. The minimum absolute atomic E-state index is 0.131. The zero-order chi connectivity index (χ0) is 12.8. The lowest BCUT2D eigenvalue weighted by molar-refractivity contribution is 0.111. The molecule has 5 heteroatoms. The van der Waals surface area contributed by atoms with Gasteiger partial charge in [-0.2, -0.15) is 0 Å². The van der Waals surface area contributed by atoms with Gasteiger partial charge in [0.2, 0.25) is 0 Å². The van der Waals surface area contributed by atoms with Crippen LogP contribution in [-0.2, 0) is 4.74 Å². The fourth-order valence-corrected chi connectivity index (χ4v) is 2.52. The van der Waals surface area contributed by atoms with Gasteiger partial charge in [0.15, 0.2) is 0 Å². The smallest absolute Gasteiger partial charge is 0.407 e. The molecule has 1 rings (SSSR count). The first-order chi connectivity index (χ1) is 8.00. The summed E-state index contributed by atoms with van der Waals surface area (Å²) in [7, 11) is 0. The van der Waals surface area contributed by atoms with Crippen molar-refractivity contribution < 1.29 is 9.53 Å². The number of nitrogens with one attached hydrogen (secondary N) is 1. The van der Waals surface area contributed by atoms with Gasteiger partial charge in [-0.15, -0.1) is 0 Å². The van der Waals surface area contributed by atoms with Gasteiger partial charge in [0.1, 0.15) is 0 Å². The lowest BCUT2D eigenvalue weighted by Crippen LogP contribution is -2.49. The molecule has 1 aliphatic rings. The van der Waals surface area contributed by atoms with Gasteiger partial charge < -0.3 is 15.8 Å². The minimum Gasteiger partial charge on any atom is -0.447 e. The van der Waals surface area contributed by atoms with E-state index in [4.69, 9.17) is 22.7 Å². The van der Waals surface area contributed by atoms with Crippen molar-refractivity contribution in [1.82, 2.24) is 5.32 Å². The number of ether oxygens (including phenoxy) is 1. The summed E-state index contributed by atoms with van der Waals surface area (Å²) < 4.78 is 5.06. The summed E-state index contributed by atoms with van der Waals surface area (Å²) in [6.07, 6.45) is 5.22. The van der Waals surface area contributed by atoms with Gasteiger partial charge in [-0.25, -0.2) is 4.79 Å². The Bertz CT molecular complexity index is 276. The predicted molar refractivity (Wildman–Crippen MR) is 71.9 cm³/mol. The number of hydrogen-bond acceptors (Lipinski definition) is 3. The normalized spacial score (nSPS) is 18.8. The first kappa shape index (κ1) is 14.2. The van der Waals surface area contributed by atoms with Crippen LogP contribution in [0.2, 0.25) is 0 Å². The summed E-state index contributed by atoms with van der Waals surface area (Å²) >= 11 is 5.04. The SMILES string of the molecule is CC(C)OC(=O)NC(C(N)=S)C1CCCCC1. The number of carbonyl (C=O) groups is 1. The molecule has 0 saturated heterocycles. The number of amides is 1. The lowest BCUT2D eigenvalue weighted by Gasteiger charge is -2.30. The summed E-state index contributed by atoms with van der Waals surface area (Å²) in [5.74, 6) is 0.362. The molecular formula is C12H22N2O2S. The Labute approximate surface area is 108 Å². The second kappa shape index (κ2) is 6.79. The molecule has 1 unspecified atom stereocenters. The zero-order valence-corrected chi connectivity index (χ0v) is 11.4. The summed E-state index contributed by atoms with van der Waals surface area (Å²) in [6, 6.07) is -0.225. The number of thiocarbonyl (C=S) groups is 1. The van der Waals surface area contributed by atoms with Crippen LogP contribution in [0.15, 0.2) is 0 Å². The largest absolute Gasteiger partial charge is 0.447 e.